The summed E-state index contributed by atoms with van der Waals surface area (Å²) < 4.78 is 32.3. The van der Waals surface area contributed by atoms with Crippen LogP contribution in [0.3, 0.4) is 0 Å². The van der Waals surface area contributed by atoms with Crippen LogP contribution in [0.15, 0.2) is 71.6 Å². The van der Waals surface area contributed by atoms with Gasteiger partial charge in [-0.05, 0) is 54.6 Å². The van der Waals surface area contributed by atoms with Crippen LogP contribution in [0.4, 0.5) is 5.69 Å². The van der Waals surface area contributed by atoms with Crippen molar-refractivity contribution in [1.82, 2.24) is 10.9 Å². The van der Waals surface area contributed by atoms with E-state index in [0.717, 1.165) is 10.4 Å². The van der Waals surface area contributed by atoms with Gasteiger partial charge in [0.1, 0.15) is 11.5 Å². The molecule has 0 saturated carbocycles. The lowest BCUT2D eigenvalue weighted by Crippen LogP contribution is -2.41. The number of anilines is 1. The summed E-state index contributed by atoms with van der Waals surface area (Å²) in [5.74, 6) is -1.30. The second-order valence-electron chi connectivity index (χ2n) is 6.74. The van der Waals surface area contributed by atoms with Crippen LogP contribution in [0.5, 0.6) is 11.5 Å². The van der Waals surface area contributed by atoms with Gasteiger partial charge >= 0.3 is 0 Å². The molecule has 0 bridgehead atoms. The summed E-state index contributed by atoms with van der Waals surface area (Å²) in [6.07, 6.45) is 0. The number of rotatable bonds is 6. The van der Waals surface area contributed by atoms with E-state index < -0.39 is 21.8 Å². The Morgan fingerprint density at radius 2 is 1.55 bits per heavy atom. The highest BCUT2D eigenvalue weighted by atomic mass is 35.5. The number of amides is 2. The van der Waals surface area contributed by atoms with Crippen LogP contribution in [0, 0.1) is 0 Å². The van der Waals surface area contributed by atoms with Crippen molar-refractivity contribution in [2.24, 2.45) is 0 Å². The van der Waals surface area contributed by atoms with Crippen molar-refractivity contribution in [3.63, 3.8) is 0 Å². The lowest BCUT2D eigenvalue weighted by molar-refractivity contribution is 0.0845. The topological polar surface area (TPSA) is 125 Å². The molecule has 0 aliphatic rings. The molecule has 0 aliphatic carbocycles. The molecule has 0 saturated heterocycles. The van der Waals surface area contributed by atoms with Gasteiger partial charge in [0, 0.05) is 7.05 Å². The summed E-state index contributed by atoms with van der Waals surface area (Å²) in [6.45, 7) is 0. The quantitative estimate of drug-likeness (QED) is 0.457. The minimum Gasteiger partial charge on any atom is -0.507 e. The van der Waals surface area contributed by atoms with Crippen LogP contribution >= 0.6 is 11.6 Å². The van der Waals surface area contributed by atoms with Gasteiger partial charge in [-0.25, -0.2) is 8.42 Å². The molecule has 9 nitrogen and oxygen atoms in total. The highest BCUT2D eigenvalue weighted by molar-refractivity contribution is 7.92. The standard InChI is InChI=1S/C22H20ClN3O6S/c1-26(14-7-9-15(32-2)10-8-14)33(30,31)16-11-12-19(23)18(13-16)22(29)25-24-21(28)17-5-3-4-6-20(17)27/h3-13,27H,1-2H3,(H,24,28)(H,25,29). The van der Waals surface area contributed by atoms with Crippen LogP contribution in [0.2, 0.25) is 5.02 Å². The predicted octanol–water partition coefficient (Wildman–Crippen LogP) is 2.95. The van der Waals surface area contributed by atoms with Crippen LogP contribution in [-0.2, 0) is 10.0 Å². The van der Waals surface area contributed by atoms with Crippen LogP contribution in [0.25, 0.3) is 0 Å². The smallest absolute Gasteiger partial charge is 0.273 e. The fourth-order valence-electron chi connectivity index (χ4n) is 2.84. The lowest BCUT2D eigenvalue weighted by atomic mass is 10.2. The molecule has 0 aromatic heterocycles. The normalized spacial score (nSPS) is 10.9. The first kappa shape index (κ1) is 23.9. The van der Waals surface area contributed by atoms with Crippen LogP contribution < -0.4 is 19.9 Å². The van der Waals surface area contributed by atoms with E-state index >= 15 is 0 Å². The number of nitrogens with zero attached hydrogens (tertiary/aromatic N) is 1. The van der Waals surface area contributed by atoms with Gasteiger partial charge in [0.25, 0.3) is 21.8 Å². The maximum atomic E-state index is 13.1. The molecule has 0 aliphatic heterocycles. The summed E-state index contributed by atoms with van der Waals surface area (Å²) in [7, 11) is -1.16. The van der Waals surface area contributed by atoms with Crippen molar-refractivity contribution in [1.29, 1.82) is 0 Å². The molecular formula is C22H20ClN3O6S. The van der Waals surface area contributed by atoms with E-state index in [1.54, 1.807) is 36.4 Å². The second kappa shape index (κ2) is 9.80. The zero-order valence-electron chi connectivity index (χ0n) is 17.6. The molecule has 2 amide bonds. The third-order valence-electron chi connectivity index (χ3n) is 4.72. The van der Waals surface area contributed by atoms with E-state index in [0.29, 0.717) is 11.4 Å². The predicted molar refractivity (Wildman–Crippen MR) is 123 cm³/mol. The number of methoxy groups -OCH3 is 1. The molecule has 0 unspecified atom stereocenters. The third kappa shape index (κ3) is 5.18. The lowest BCUT2D eigenvalue weighted by Gasteiger charge is -2.20. The second-order valence-corrected chi connectivity index (χ2v) is 9.11. The molecular weight excluding hydrogens is 470 g/mol. The van der Waals surface area contributed by atoms with E-state index in [-0.39, 0.29) is 26.8 Å². The number of aromatic hydroxyl groups is 1. The van der Waals surface area contributed by atoms with Crippen molar-refractivity contribution in [2.75, 3.05) is 18.5 Å². The van der Waals surface area contributed by atoms with Gasteiger partial charge in [0.15, 0.2) is 0 Å². The molecule has 11 heteroatoms. The summed E-state index contributed by atoms with van der Waals surface area (Å²) in [6, 6.07) is 15.8. The summed E-state index contributed by atoms with van der Waals surface area (Å²) in [5.41, 5.74) is 4.47. The van der Waals surface area contributed by atoms with Crippen molar-refractivity contribution in [3.05, 3.63) is 82.9 Å². The Balaban J connectivity index is 1.81. The number of nitrogens with one attached hydrogen (secondary N) is 2. The number of phenolic OH excluding ortho intramolecular Hbond substituents is 1. The highest BCUT2D eigenvalue weighted by Crippen LogP contribution is 2.27. The highest BCUT2D eigenvalue weighted by Gasteiger charge is 2.24. The number of phenols is 1. The van der Waals surface area contributed by atoms with Crippen molar-refractivity contribution in [2.45, 2.75) is 4.90 Å². The summed E-state index contributed by atoms with van der Waals surface area (Å²) >= 11 is 6.09. The molecule has 3 aromatic rings. The van der Waals surface area contributed by atoms with E-state index in [4.69, 9.17) is 16.3 Å². The van der Waals surface area contributed by atoms with Gasteiger partial charge in [-0.15, -0.1) is 0 Å². The number of benzene rings is 3. The Labute approximate surface area is 195 Å². The van der Waals surface area contributed by atoms with Gasteiger partial charge in [0.2, 0.25) is 0 Å². The van der Waals surface area contributed by atoms with Crippen LogP contribution in [0.1, 0.15) is 20.7 Å². The van der Waals surface area contributed by atoms with Crippen molar-refractivity contribution < 1.29 is 27.9 Å². The number of hydrogen-bond acceptors (Lipinski definition) is 6. The fourth-order valence-corrected chi connectivity index (χ4v) is 4.27. The number of hydrogen-bond donors (Lipinski definition) is 3. The number of carbonyl (C=O) groups excluding carboxylic acids is 2. The summed E-state index contributed by atoms with van der Waals surface area (Å²) in [5, 5.41) is 9.72. The number of halogens is 1. The Hall–Kier alpha value is -3.76. The Morgan fingerprint density at radius 1 is 0.939 bits per heavy atom. The van der Waals surface area contributed by atoms with E-state index in [2.05, 4.69) is 10.9 Å². The fraction of sp³-hybridized carbons (Fsp3) is 0.0909. The van der Waals surface area contributed by atoms with Gasteiger partial charge < -0.3 is 9.84 Å². The first-order valence-electron chi connectivity index (χ1n) is 9.46. The number of sulfonamides is 1. The first-order chi connectivity index (χ1) is 15.6. The number of hydrazine groups is 1. The third-order valence-corrected chi connectivity index (χ3v) is 6.83. The number of ether oxygens (including phenoxy) is 1. The molecule has 172 valence electrons. The Bertz CT molecular complexity index is 1300. The minimum absolute atomic E-state index is 0.0182. The summed E-state index contributed by atoms with van der Waals surface area (Å²) in [4.78, 5) is 24.6. The largest absolute Gasteiger partial charge is 0.507 e. The zero-order chi connectivity index (χ0) is 24.2. The maximum absolute atomic E-state index is 13.1. The van der Waals surface area contributed by atoms with Crippen molar-refractivity contribution in [3.8, 4) is 11.5 Å². The molecule has 0 radical (unpaired) electrons. The Morgan fingerprint density at radius 3 is 2.15 bits per heavy atom. The Kier molecular flexibility index (Phi) is 7.10. The van der Waals surface area contributed by atoms with Gasteiger partial charge in [-0.3, -0.25) is 24.7 Å². The average molecular weight is 490 g/mol. The monoisotopic (exact) mass is 489 g/mol. The number of para-hydroxylation sites is 1. The molecule has 0 heterocycles. The van der Waals surface area contributed by atoms with Gasteiger partial charge in [-0.2, -0.15) is 0 Å². The maximum Gasteiger partial charge on any atom is 0.273 e. The molecule has 3 N–H and O–H groups in total. The van der Waals surface area contributed by atoms with Crippen molar-refractivity contribution >= 4 is 39.1 Å². The molecule has 33 heavy (non-hydrogen) atoms. The van der Waals surface area contributed by atoms with E-state index in [9.17, 15) is 23.1 Å². The van der Waals surface area contributed by atoms with Crippen LogP contribution in [-0.4, -0.2) is 39.5 Å². The number of carbonyl (C=O) groups is 2. The first-order valence-corrected chi connectivity index (χ1v) is 11.3. The molecule has 3 rings (SSSR count). The molecule has 0 fully saturated rings. The van der Waals surface area contributed by atoms with E-state index in [1.165, 1.54) is 38.4 Å². The SMILES string of the molecule is COc1ccc(N(C)S(=O)(=O)c2ccc(Cl)c(C(=O)NNC(=O)c3ccccc3O)c2)cc1. The molecule has 3 aromatic carbocycles. The minimum atomic E-state index is -4.03. The molecule has 0 spiro atoms. The average Bonchev–Trinajstić information content (AvgIpc) is 2.82. The van der Waals surface area contributed by atoms with Gasteiger partial charge in [0.05, 0.1) is 33.8 Å². The zero-order valence-corrected chi connectivity index (χ0v) is 19.1. The molecule has 0 atom stereocenters. The van der Waals surface area contributed by atoms with E-state index in [1.807, 2.05) is 0 Å². The van der Waals surface area contributed by atoms with Gasteiger partial charge in [-0.1, -0.05) is 23.7 Å².